The average Bonchev–Trinajstić information content (AvgIpc) is 3.15. The van der Waals surface area contributed by atoms with E-state index in [1.807, 2.05) is 25.1 Å². The summed E-state index contributed by atoms with van der Waals surface area (Å²) >= 11 is 0. The molecule has 3 nitrogen and oxygen atoms in total. The Morgan fingerprint density at radius 1 is 1.33 bits per heavy atom. The molecule has 94 valence electrons. The summed E-state index contributed by atoms with van der Waals surface area (Å²) in [7, 11) is 0. The first kappa shape index (κ1) is 11.3. The van der Waals surface area contributed by atoms with Gasteiger partial charge in [-0.2, -0.15) is 0 Å². The molecule has 18 heavy (non-hydrogen) atoms. The predicted octanol–water partition coefficient (Wildman–Crippen LogP) is 3.29. The maximum absolute atomic E-state index is 10.0. The summed E-state index contributed by atoms with van der Waals surface area (Å²) in [5, 5.41) is 10.9. The minimum absolute atomic E-state index is 0.308. The Kier molecular flexibility index (Phi) is 2.82. The number of nitrogens with zero attached hydrogens (tertiary/aromatic N) is 1. The Balaban J connectivity index is 1.98. The van der Waals surface area contributed by atoms with Gasteiger partial charge in [0.1, 0.15) is 11.5 Å². The Morgan fingerprint density at radius 2 is 2.17 bits per heavy atom. The largest absolute Gasteiger partial charge is 0.506 e. The van der Waals surface area contributed by atoms with Crippen molar-refractivity contribution in [1.29, 1.82) is 0 Å². The molecule has 1 aliphatic carbocycles. The monoisotopic (exact) mass is 243 g/mol. The number of aromatic nitrogens is 1. The van der Waals surface area contributed by atoms with Crippen molar-refractivity contribution < 1.29 is 9.84 Å². The van der Waals surface area contributed by atoms with Gasteiger partial charge >= 0.3 is 0 Å². The van der Waals surface area contributed by atoms with Crippen LogP contribution in [0.5, 0.6) is 11.5 Å². The molecule has 0 atom stereocenters. The average molecular weight is 243 g/mol. The maximum Gasteiger partial charge on any atom is 0.137 e. The summed E-state index contributed by atoms with van der Waals surface area (Å²) < 4.78 is 5.45. The van der Waals surface area contributed by atoms with Crippen LogP contribution in [0.1, 0.15) is 25.5 Å². The smallest absolute Gasteiger partial charge is 0.137 e. The molecular formula is C15H17NO2. The van der Waals surface area contributed by atoms with E-state index in [0.29, 0.717) is 12.4 Å². The molecule has 1 heterocycles. The lowest BCUT2D eigenvalue weighted by Crippen LogP contribution is -1.95. The van der Waals surface area contributed by atoms with E-state index in [0.717, 1.165) is 34.7 Å². The molecule has 0 unspecified atom stereocenters. The summed E-state index contributed by atoms with van der Waals surface area (Å²) in [4.78, 5) is 4.55. The standard InChI is InChI=1S/C15H17NO2/c1-2-18-12-5-6-13-11(8-12)9-15(17)14(16-13)7-10-3-4-10/h5-6,8-10,17H,2-4,7H2,1H3. The topological polar surface area (TPSA) is 42.4 Å². The number of benzene rings is 1. The maximum atomic E-state index is 10.0. The molecule has 0 aliphatic heterocycles. The van der Waals surface area contributed by atoms with Gasteiger partial charge in [-0.05, 0) is 56.4 Å². The van der Waals surface area contributed by atoms with E-state index in [9.17, 15) is 5.11 Å². The molecule has 0 radical (unpaired) electrons. The van der Waals surface area contributed by atoms with Crippen LogP contribution in [0.3, 0.4) is 0 Å². The van der Waals surface area contributed by atoms with E-state index in [-0.39, 0.29) is 0 Å². The highest BCUT2D eigenvalue weighted by atomic mass is 16.5. The zero-order chi connectivity index (χ0) is 12.5. The molecule has 0 spiro atoms. The van der Waals surface area contributed by atoms with Crippen LogP contribution >= 0.6 is 0 Å². The second-order valence-electron chi connectivity index (χ2n) is 4.89. The lowest BCUT2D eigenvalue weighted by atomic mass is 10.1. The van der Waals surface area contributed by atoms with Gasteiger partial charge in [-0.15, -0.1) is 0 Å². The van der Waals surface area contributed by atoms with E-state index in [1.54, 1.807) is 6.07 Å². The second kappa shape index (κ2) is 4.48. The number of fused-ring (bicyclic) bond motifs is 1. The highest BCUT2D eigenvalue weighted by Gasteiger charge is 2.23. The van der Waals surface area contributed by atoms with Gasteiger partial charge in [0, 0.05) is 5.39 Å². The molecule has 3 rings (SSSR count). The first-order valence-corrected chi connectivity index (χ1v) is 6.51. The minimum Gasteiger partial charge on any atom is -0.506 e. The molecule has 0 bridgehead atoms. The van der Waals surface area contributed by atoms with Gasteiger partial charge in [0.15, 0.2) is 0 Å². The molecule has 0 amide bonds. The molecule has 1 aliphatic rings. The highest BCUT2D eigenvalue weighted by molar-refractivity contribution is 5.81. The van der Waals surface area contributed by atoms with Gasteiger partial charge in [0.05, 0.1) is 17.8 Å². The number of pyridine rings is 1. The van der Waals surface area contributed by atoms with Crippen molar-refractivity contribution in [1.82, 2.24) is 4.98 Å². The summed E-state index contributed by atoms with van der Waals surface area (Å²) in [6, 6.07) is 7.60. The summed E-state index contributed by atoms with van der Waals surface area (Å²) in [5.74, 6) is 1.85. The Morgan fingerprint density at radius 3 is 2.89 bits per heavy atom. The number of hydrogen-bond donors (Lipinski definition) is 1. The molecule has 2 aromatic rings. The summed E-state index contributed by atoms with van der Waals surface area (Å²) in [6.45, 7) is 2.60. The van der Waals surface area contributed by atoms with E-state index in [2.05, 4.69) is 4.98 Å². The zero-order valence-corrected chi connectivity index (χ0v) is 10.5. The van der Waals surface area contributed by atoms with Crippen LogP contribution in [-0.2, 0) is 6.42 Å². The molecule has 1 aromatic carbocycles. The number of ether oxygens (including phenoxy) is 1. The summed E-state index contributed by atoms with van der Waals surface area (Å²) in [5.41, 5.74) is 1.75. The third-order valence-electron chi connectivity index (χ3n) is 3.33. The van der Waals surface area contributed by atoms with Gasteiger partial charge < -0.3 is 9.84 Å². The fourth-order valence-electron chi connectivity index (χ4n) is 2.19. The molecule has 1 saturated carbocycles. The van der Waals surface area contributed by atoms with Crippen molar-refractivity contribution in [3.8, 4) is 11.5 Å². The Labute approximate surface area is 106 Å². The van der Waals surface area contributed by atoms with Gasteiger partial charge in [-0.3, -0.25) is 0 Å². The lowest BCUT2D eigenvalue weighted by Gasteiger charge is -2.07. The van der Waals surface area contributed by atoms with Crippen molar-refractivity contribution in [3.05, 3.63) is 30.0 Å². The van der Waals surface area contributed by atoms with Crippen molar-refractivity contribution in [2.75, 3.05) is 6.61 Å². The van der Waals surface area contributed by atoms with E-state index in [1.165, 1.54) is 12.8 Å². The van der Waals surface area contributed by atoms with Crippen LogP contribution in [-0.4, -0.2) is 16.7 Å². The molecule has 3 heteroatoms. The minimum atomic E-state index is 0.308. The van der Waals surface area contributed by atoms with E-state index < -0.39 is 0 Å². The third kappa shape index (κ3) is 2.26. The van der Waals surface area contributed by atoms with Gasteiger partial charge in [-0.1, -0.05) is 0 Å². The zero-order valence-electron chi connectivity index (χ0n) is 10.5. The molecular weight excluding hydrogens is 226 g/mol. The van der Waals surface area contributed by atoms with Crippen molar-refractivity contribution in [2.24, 2.45) is 5.92 Å². The van der Waals surface area contributed by atoms with E-state index >= 15 is 0 Å². The molecule has 1 fully saturated rings. The van der Waals surface area contributed by atoms with Crippen LogP contribution < -0.4 is 4.74 Å². The van der Waals surface area contributed by atoms with Crippen molar-refractivity contribution in [2.45, 2.75) is 26.2 Å². The van der Waals surface area contributed by atoms with Crippen molar-refractivity contribution >= 4 is 10.9 Å². The highest BCUT2D eigenvalue weighted by Crippen LogP contribution is 2.35. The Hall–Kier alpha value is -1.77. The quantitative estimate of drug-likeness (QED) is 0.896. The van der Waals surface area contributed by atoms with Crippen LogP contribution in [0.4, 0.5) is 0 Å². The fourth-order valence-corrected chi connectivity index (χ4v) is 2.19. The van der Waals surface area contributed by atoms with Crippen LogP contribution in [0, 0.1) is 5.92 Å². The number of rotatable bonds is 4. The number of aromatic hydroxyl groups is 1. The Bertz CT molecular complexity index is 576. The molecule has 1 aromatic heterocycles. The predicted molar refractivity (Wildman–Crippen MR) is 71.0 cm³/mol. The fraction of sp³-hybridized carbons (Fsp3) is 0.400. The summed E-state index contributed by atoms with van der Waals surface area (Å²) in [6.07, 6.45) is 3.43. The second-order valence-corrected chi connectivity index (χ2v) is 4.89. The lowest BCUT2D eigenvalue weighted by molar-refractivity contribution is 0.340. The third-order valence-corrected chi connectivity index (χ3v) is 3.33. The molecule has 0 saturated heterocycles. The first-order chi connectivity index (χ1) is 8.76. The van der Waals surface area contributed by atoms with Gasteiger partial charge in [0.2, 0.25) is 0 Å². The van der Waals surface area contributed by atoms with Gasteiger partial charge in [-0.25, -0.2) is 4.98 Å². The van der Waals surface area contributed by atoms with Gasteiger partial charge in [0.25, 0.3) is 0 Å². The van der Waals surface area contributed by atoms with Crippen LogP contribution in [0.2, 0.25) is 0 Å². The number of hydrogen-bond acceptors (Lipinski definition) is 3. The normalized spacial score (nSPS) is 14.9. The molecule has 1 N–H and O–H groups in total. The SMILES string of the molecule is CCOc1ccc2nc(CC3CC3)c(O)cc2c1. The van der Waals surface area contributed by atoms with Crippen molar-refractivity contribution in [3.63, 3.8) is 0 Å². The first-order valence-electron chi connectivity index (χ1n) is 6.51. The van der Waals surface area contributed by atoms with Crippen LogP contribution in [0.25, 0.3) is 10.9 Å². The van der Waals surface area contributed by atoms with Crippen LogP contribution in [0.15, 0.2) is 24.3 Å². The van der Waals surface area contributed by atoms with E-state index in [4.69, 9.17) is 4.74 Å².